The highest BCUT2D eigenvalue weighted by Gasteiger charge is 2.38. The van der Waals surface area contributed by atoms with E-state index in [1.54, 1.807) is 4.68 Å². The van der Waals surface area contributed by atoms with Gasteiger partial charge in [0.25, 0.3) is 0 Å². The van der Waals surface area contributed by atoms with Crippen LogP contribution in [0.1, 0.15) is 45.7 Å². The Morgan fingerprint density at radius 3 is 2.96 bits per heavy atom. The predicted octanol–water partition coefficient (Wildman–Crippen LogP) is 1.31. The number of fused-ring (bicyclic) bond motifs is 2. The van der Waals surface area contributed by atoms with Crippen LogP contribution in [0.4, 0.5) is 4.79 Å². The monoisotopic (exact) mass is 335 g/mol. The van der Waals surface area contributed by atoms with Gasteiger partial charge in [-0.1, -0.05) is 5.21 Å². The average molecular weight is 335 g/mol. The molecule has 1 N–H and O–H groups in total. The van der Waals surface area contributed by atoms with Crippen LogP contribution < -0.4 is 5.32 Å². The van der Waals surface area contributed by atoms with Gasteiger partial charge in [-0.05, 0) is 39.5 Å². The van der Waals surface area contributed by atoms with E-state index >= 15 is 0 Å². The van der Waals surface area contributed by atoms with Crippen LogP contribution in [0.5, 0.6) is 0 Å². The number of hydrogen-bond donors (Lipinski definition) is 1. The molecule has 0 spiro atoms. The number of alkyl carbamates (subject to hydrolysis) is 1. The summed E-state index contributed by atoms with van der Waals surface area (Å²) >= 11 is 0. The summed E-state index contributed by atoms with van der Waals surface area (Å²) in [6.07, 6.45) is 4.15. The number of ether oxygens (including phenoxy) is 1. The maximum absolute atomic E-state index is 12.0. The lowest BCUT2D eigenvalue weighted by molar-refractivity contribution is -0.129. The molecule has 2 bridgehead atoms. The lowest BCUT2D eigenvalue weighted by atomic mass is 9.96. The Labute approximate surface area is 141 Å². The Balaban J connectivity index is 1.51. The van der Waals surface area contributed by atoms with Gasteiger partial charge in [-0.15, -0.1) is 5.10 Å². The van der Waals surface area contributed by atoms with Gasteiger partial charge in [0.05, 0.1) is 25.3 Å². The van der Waals surface area contributed by atoms with E-state index in [0.29, 0.717) is 24.6 Å². The average Bonchev–Trinajstić information content (AvgIpc) is 3.03. The van der Waals surface area contributed by atoms with Crippen LogP contribution in [0, 0.1) is 5.92 Å². The van der Waals surface area contributed by atoms with Gasteiger partial charge in [-0.2, -0.15) is 0 Å². The summed E-state index contributed by atoms with van der Waals surface area (Å²) in [5.74, 6) is 0.799. The number of aromatic nitrogens is 3. The quantitative estimate of drug-likeness (QED) is 0.896. The summed E-state index contributed by atoms with van der Waals surface area (Å²) < 4.78 is 6.94. The predicted molar refractivity (Wildman–Crippen MR) is 85.9 cm³/mol. The second-order valence-electron chi connectivity index (χ2n) is 7.63. The van der Waals surface area contributed by atoms with E-state index in [2.05, 4.69) is 15.6 Å². The molecule has 0 aliphatic carbocycles. The van der Waals surface area contributed by atoms with E-state index in [1.165, 1.54) is 0 Å². The van der Waals surface area contributed by atoms with E-state index < -0.39 is 11.7 Å². The largest absolute Gasteiger partial charge is 0.444 e. The van der Waals surface area contributed by atoms with Crippen LogP contribution >= 0.6 is 0 Å². The van der Waals surface area contributed by atoms with Gasteiger partial charge in [-0.25, -0.2) is 4.79 Å². The van der Waals surface area contributed by atoms with Gasteiger partial charge in [0.2, 0.25) is 5.91 Å². The van der Waals surface area contributed by atoms with Crippen LogP contribution in [-0.2, 0) is 22.6 Å². The molecule has 132 valence electrons. The molecule has 0 aromatic carbocycles. The molecule has 2 aliphatic heterocycles. The van der Waals surface area contributed by atoms with Gasteiger partial charge < -0.3 is 15.0 Å². The number of nitrogens with zero attached hydrogens (tertiary/aromatic N) is 4. The van der Waals surface area contributed by atoms with E-state index in [0.717, 1.165) is 19.4 Å². The first-order chi connectivity index (χ1) is 11.3. The van der Waals surface area contributed by atoms with Crippen LogP contribution in [0.3, 0.4) is 0 Å². The zero-order chi connectivity index (χ0) is 17.3. The molecule has 0 unspecified atom stereocenters. The van der Waals surface area contributed by atoms with Crippen molar-refractivity contribution >= 4 is 12.0 Å². The van der Waals surface area contributed by atoms with Crippen molar-refractivity contribution < 1.29 is 14.3 Å². The second kappa shape index (κ2) is 6.41. The van der Waals surface area contributed by atoms with E-state index in [9.17, 15) is 9.59 Å². The minimum absolute atomic E-state index is 0.199. The van der Waals surface area contributed by atoms with Crippen molar-refractivity contribution in [2.75, 3.05) is 6.54 Å². The Bertz CT molecular complexity index is 621. The first-order valence-electron chi connectivity index (χ1n) is 8.45. The number of hydrogen-bond acceptors (Lipinski definition) is 5. The highest BCUT2D eigenvalue weighted by Crippen LogP contribution is 2.32. The SMILES string of the molecule is CC(C)(C)OC(=O)NCc1cn(C[C@@H]2CC[C@H]3CC(=O)N2C3)nn1. The van der Waals surface area contributed by atoms with Crippen molar-refractivity contribution in [2.45, 2.75) is 64.8 Å². The summed E-state index contributed by atoms with van der Waals surface area (Å²) in [6, 6.07) is 0.199. The van der Waals surface area contributed by atoms with Crippen LogP contribution in [0.15, 0.2) is 6.20 Å². The molecule has 2 fully saturated rings. The molecule has 2 saturated heterocycles. The topological polar surface area (TPSA) is 89.4 Å². The molecule has 1 aromatic heterocycles. The maximum Gasteiger partial charge on any atom is 0.407 e. The van der Waals surface area contributed by atoms with Crippen LogP contribution in [0.2, 0.25) is 0 Å². The van der Waals surface area contributed by atoms with Gasteiger partial charge in [0.1, 0.15) is 11.3 Å². The van der Waals surface area contributed by atoms with Crippen molar-refractivity contribution in [2.24, 2.45) is 5.92 Å². The van der Waals surface area contributed by atoms with Gasteiger partial charge >= 0.3 is 6.09 Å². The third kappa shape index (κ3) is 4.04. The highest BCUT2D eigenvalue weighted by molar-refractivity contribution is 5.79. The number of carbonyl (C=O) groups is 2. The van der Waals surface area contributed by atoms with Crippen molar-refractivity contribution in [1.82, 2.24) is 25.2 Å². The Morgan fingerprint density at radius 2 is 2.21 bits per heavy atom. The molecule has 24 heavy (non-hydrogen) atoms. The molecule has 8 heteroatoms. The number of carbonyl (C=O) groups excluding carboxylic acids is 2. The lowest BCUT2D eigenvalue weighted by Crippen LogP contribution is -2.42. The molecule has 2 amide bonds. The molecule has 3 heterocycles. The van der Waals surface area contributed by atoms with Crippen molar-refractivity contribution in [3.63, 3.8) is 0 Å². The fourth-order valence-electron chi connectivity index (χ4n) is 3.33. The zero-order valence-electron chi connectivity index (χ0n) is 14.5. The molecular weight excluding hydrogens is 310 g/mol. The van der Waals surface area contributed by atoms with Gasteiger partial charge in [-0.3, -0.25) is 9.48 Å². The summed E-state index contributed by atoms with van der Waals surface area (Å²) in [5, 5.41) is 10.8. The molecule has 8 nitrogen and oxygen atoms in total. The third-order valence-electron chi connectivity index (χ3n) is 4.38. The van der Waals surface area contributed by atoms with Crippen molar-refractivity contribution in [3.05, 3.63) is 11.9 Å². The summed E-state index contributed by atoms with van der Waals surface area (Å²) in [4.78, 5) is 25.6. The first kappa shape index (κ1) is 16.7. The molecular formula is C16H25N5O3. The van der Waals surface area contributed by atoms with E-state index in [1.807, 2.05) is 31.9 Å². The molecule has 2 aliphatic rings. The molecule has 0 saturated carbocycles. The summed E-state index contributed by atoms with van der Waals surface area (Å²) in [5.41, 5.74) is 0.144. The maximum atomic E-state index is 12.0. The van der Waals surface area contributed by atoms with Crippen LogP contribution in [0.25, 0.3) is 0 Å². The van der Waals surface area contributed by atoms with E-state index in [4.69, 9.17) is 4.74 Å². The highest BCUT2D eigenvalue weighted by atomic mass is 16.6. The summed E-state index contributed by atoms with van der Waals surface area (Å²) in [7, 11) is 0. The smallest absolute Gasteiger partial charge is 0.407 e. The minimum atomic E-state index is -0.525. The van der Waals surface area contributed by atoms with Gasteiger partial charge in [0.15, 0.2) is 0 Å². The first-order valence-corrected chi connectivity index (χ1v) is 8.45. The summed E-state index contributed by atoms with van der Waals surface area (Å²) in [6.45, 7) is 7.25. The number of rotatable bonds is 4. The van der Waals surface area contributed by atoms with Crippen LogP contribution in [-0.4, -0.2) is 50.1 Å². The fourth-order valence-corrected chi connectivity index (χ4v) is 3.33. The zero-order valence-corrected chi connectivity index (χ0v) is 14.5. The molecule has 3 rings (SSSR count). The van der Waals surface area contributed by atoms with E-state index in [-0.39, 0.29) is 18.5 Å². The van der Waals surface area contributed by atoms with Crippen molar-refractivity contribution in [3.8, 4) is 0 Å². The lowest BCUT2D eigenvalue weighted by Gasteiger charge is -2.32. The third-order valence-corrected chi connectivity index (χ3v) is 4.38. The van der Waals surface area contributed by atoms with Gasteiger partial charge in [0, 0.05) is 13.0 Å². The van der Waals surface area contributed by atoms with Crippen molar-refractivity contribution in [1.29, 1.82) is 0 Å². The minimum Gasteiger partial charge on any atom is -0.444 e. The molecule has 1 aromatic rings. The fraction of sp³-hybridized carbons (Fsp3) is 0.750. The molecule has 2 atom stereocenters. The second-order valence-corrected chi connectivity index (χ2v) is 7.63. The molecule has 0 radical (unpaired) electrons. The Morgan fingerprint density at radius 1 is 1.42 bits per heavy atom. The Hall–Kier alpha value is -2.12. The standard InChI is InChI=1S/C16H25N5O3/c1-16(2,3)24-15(23)17-7-12-9-20(19-18-12)10-13-5-4-11-6-14(22)21(13)8-11/h9,11,13H,4-8,10H2,1-3H3,(H,17,23)/t11-,13-/m0/s1. The number of amides is 2. The number of nitrogens with one attached hydrogen (secondary N) is 1. The normalized spacial score (nSPS) is 23.5. The Kier molecular flexibility index (Phi) is 4.47. The number of piperidine rings is 1.